The Morgan fingerprint density at radius 2 is 2.04 bits per heavy atom. The van der Waals surface area contributed by atoms with Crippen LogP contribution in [-0.4, -0.2) is 54.3 Å². The zero-order valence-electron chi connectivity index (χ0n) is 13.3. The molecule has 0 bridgehead atoms. The van der Waals surface area contributed by atoms with Crippen molar-refractivity contribution in [3.05, 3.63) is 24.5 Å². The third-order valence-electron chi connectivity index (χ3n) is 3.05. The van der Waals surface area contributed by atoms with Gasteiger partial charge in [-0.15, -0.1) is 0 Å². The van der Waals surface area contributed by atoms with Gasteiger partial charge in [-0.1, -0.05) is 13.8 Å². The molecule has 9 heteroatoms. The summed E-state index contributed by atoms with van der Waals surface area (Å²) in [5.41, 5.74) is 0. The fraction of sp³-hybridized carbons (Fsp3) is 0.500. The van der Waals surface area contributed by atoms with E-state index < -0.39 is 34.5 Å². The predicted molar refractivity (Wildman–Crippen MR) is 83.1 cm³/mol. The number of amides is 1. The number of carboxylic acids is 1. The quantitative estimate of drug-likeness (QED) is 0.702. The van der Waals surface area contributed by atoms with Gasteiger partial charge in [0.05, 0.1) is 6.54 Å². The van der Waals surface area contributed by atoms with E-state index in [-0.39, 0.29) is 17.2 Å². The van der Waals surface area contributed by atoms with Gasteiger partial charge < -0.3 is 10.4 Å². The molecule has 128 valence electrons. The second kappa shape index (κ2) is 8.02. The summed E-state index contributed by atoms with van der Waals surface area (Å²) < 4.78 is 25.4. The van der Waals surface area contributed by atoms with E-state index in [1.165, 1.54) is 31.6 Å². The van der Waals surface area contributed by atoms with E-state index in [1.807, 2.05) is 13.8 Å². The molecule has 1 atom stereocenters. The van der Waals surface area contributed by atoms with E-state index >= 15 is 0 Å². The van der Waals surface area contributed by atoms with Crippen LogP contribution in [0.1, 0.15) is 20.3 Å². The van der Waals surface area contributed by atoms with Gasteiger partial charge >= 0.3 is 5.97 Å². The van der Waals surface area contributed by atoms with Crippen LogP contribution in [0.3, 0.4) is 0 Å². The van der Waals surface area contributed by atoms with Gasteiger partial charge in [0.15, 0.2) is 0 Å². The lowest BCUT2D eigenvalue weighted by Crippen LogP contribution is -2.46. The maximum absolute atomic E-state index is 12.3. The minimum Gasteiger partial charge on any atom is -0.480 e. The number of likely N-dealkylation sites (N-methyl/N-ethyl adjacent to an activating group) is 1. The van der Waals surface area contributed by atoms with E-state index in [2.05, 4.69) is 10.3 Å². The number of pyridine rings is 1. The molecule has 1 amide bonds. The van der Waals surface area contributed by atoms with Crippen LogP contribution in [0.25, 0.3) is 0 Å². The van der Waals surface area contributed by atoms with E-state index in [0.717, 1.165) is 4.31 Å². The molecule has 23 heavy (non-hydrogen) atoms. The molecule has 1 rings (SSSR count). The number of hydrogen-bond acceptors (Lipinski definition) is 5. The minimum atomic E-state index is -3.85. The van der Waals surface area contributed by atoms with Gasteiger partial charge in [0.1, 0.15) is 10.9 Å². The summed E-state index contributed by atoms with van der Waals surface area (Å²) in [5, 5.41) is 11.4. The van der Waals surface area contributed by atoms with Crippen LogP contribution in [0.4, 0.5) is 0 Å². The molecule has 0 saturated heterocycles. The number of nitrogens with one attached hydrogen (secondary N) is 1. The van der Waals surface area contributed by atoms with Crippen LogP contribution >= 0.6 is 0 Å². The molecule has 0 saturated carbocycles. The van der Waals surface area contributed by atoms with Crippen molar-refractivity contribution in [2.75, 3.05) is 13.6 Å². The highest BCUT2D eigenvalue weighted by atomic mass is 32.2. The molecule has 2 N–H and O–H groups in total. The van der Waals surface area contributed by atoms with Crippen molar-refractivity contribution in [3.8, 4) is 0 Å². The lowest BCUT2D eigenvalue weighted by molar-refractivity contribution is -0.142. The van der Waals surface area contributed by atoms with Crippen molar-refractivity contribution in [1.82, 2.24) is 14.6 Å². The predicted octanol–water partition coefficient (Wildman–Crippen LogP) is 0.318. The molecule has 0 radical (unpaired) electrons. The number of rotatable bonds is 8. The van der Waals surface area contributed by atoms with Crippen molar-refractivity contribution >= 4 is 21.9 Å². The first-order valence-corrected chi connectivity index (χ1v) is 8.47. The zero-order valence-corrected chi connectivity index (χ0v) is 14.1. The minimum absolute atomic E-state index is 0.0349. The van der Waals surface area contributed by atoms with Gasteiger partial charge in [-0.25, -0.2) is 13.2 Å². The van der Waals surface area contributed by atoms with Gasteiger partial charge in [-0.05, 0) is 24.5 Å². The Bertz CT molecular complexity index is 646. The summed E-state index contributed by atoms with van der Waals surface area (Å²) in [4.78, 5) is 26.7. The van der Waals surface area contributed by atoms with Crippen molar-refractivity contribution in [2.45, 2.75) is 31.2 Å². The molecule has 8 nitrogen and oxygen atoms in total. The molecule has 0 unspecified atom stereocenters. The summed E-state index contributed by atoms with van der Waals surface area (Å²) in [7, 11) is -2.60. The smallest absolute Gasteiger partial charge is 0.326 e. The molecule has 0 aliphatic heterocycles. The molecule has 0 fully saturated rings. The van der Waals surface area contributed by atoms with Gasteiger partial charge in [-0.3, -0.25) is 9.78 Å². The summed E-state index contributed by atoms with van der Waals surface area (Å²) in [5.74, 6) is -1.74. The Hall–Kier alpha value is -2.00. The molecule has 0 aromatic carbocycles. The first kappa shape index (κ1) is 19.0. The Kier molecular flexibility index (Phi) is 6.64. The molecule has 0 aliphatic carbocycles. The van der Waals surface area contributed by atoms with Crippen LogP contribution in [0, 0.1) is 5.92 Å². The maximum Gasteiger partial charge on any atom is 0.326 e. The lowest BCUT2D eigenvalue weighted by Gasteiger charge is -2.20. The van der Waals surface area contributed by atoms with Crippen molar-refractivity contribution < 1.29 is 23.1 Å². The number of carboxylic acid groups (broad SMARTS) is 1. The molecular formula is C14H21N3O5S. The molecule has 1 heterocycles. The van der Waals surface area contributed by atoms with Gasteiger partial charge in [0.25, 0.3) is 0 Å². The lowest BCUT2D eigenvalue weighted by atomic mass is 10.0. The van der Waals surface area contributed by atoms with Crippen molar-refractivity contribution in [1.29, 1.82) is 0 Å². The van der Waals surface area contributed by atoms with E-state index in [4.69, 9.17) is 5.11 Å². The van der Waals surface area contributed by atoms with E-state index in [1.54, 1.807) is 0 Å². The number of sulfonamides is 1. The van der Waals surface area contributed by atoms with Gasteiger partial charge in [0, 0.05) is 19.4 Å². The monoisotopic (exact) mass is 343 g/mol. The Morgan fingerprint density at radius 1 is 1.39 bits per heavy atom. The largest absolute Gasteiger partial charge is 0.480 e. The maximum atomic E-state index is 12.3. The fourth-order valence-electron chi connectivity index (χ4n) is 1.90. The number of aliphatic carboxylic acids is 1. The number of carbonyl (C=O) groups is 2. The highest BCUT2D eigenvalue weighted by molar-refractivity contribution is 7.89. The van der Waals surface area contributed by atoms with E-state index in [9.17, 15) is 18.0 Å². The van der Waals surface area contributed by atoms with Gasteiger partial charge in [-0.2, -0.15) is 4.31 Å². The SMILES string of the molecule is CC(C)C[C@H](NC(=O)CN(C)S(=O)(=O)c1cccnc1)C(=O)O. The highest BCUT2D eigenvalue weighted by Crippen LogP contribution is 2.12. The first-order valence-electron chi connectivity index (χ1n) is 7.03. The molecule has 1 aromatic heterocycles. The summed E-state index contributed by atoms with van der Waals surface area (Å²) in [6, 6.07) is 1.80. The average molecular weight is 343 g/mol. The molecular weight excluding hydrogens is 322 g/mol. The zero-order chi connectivity index (χ0) is 17.6. The highest BCUT2D eigenvalue weighted by Gasteiger charge is 2.26. The number of carbonyl (C=O) groups excluding carboxylic acids is 1. The normalized spacial score (nSPS) is 13.1. The fourth-order valence-corrected chi connectivity index (χ4v) is 2.99. The van der Waals surface area contributed by atoms with E-state index in [0.29, 0.717) is 0 Å². The topological polar surface area (TPSA) is 117 Å². The van der Waals surface area contributed by atoms with Crippen LogP contribution in [0.15, 0.2) is 29.4 Å². The molecule has 0 aliphatic rings. The number of nitrogens with zero attached hydrogens (tertiary/aromatic N) is 2. The average Bonchev–Trinajstić information content (AvgIpc) is 2.46. The number of hydrogen-bond donors (Lipinski definition) is 2. The Labute approximate surface area is 135 Å². The Balaban J connectivity index is 2.74. The summed E-state index contributed by atoms with van der Waals surface area (Å²) >= 11 is 0. The molecule has 0 spiro atoms. The standard InChI is InChI=1S/C14H21N3O5S/c1-10(2)7-12(14(19)20)16-13(18)9-17(3)23(21,22)11-5-4-6-15-8-11/h4-6,8,10,12H,7,9H2,1-3H3,(H,16,18)(H,19,20)/t12-/m0/s1. The third kappa shape index (κ3) is 5.61. The number of aromatic nitrogens is 1. The third-order valence-corrected chi connectivity index (χ3v) is 4.84. The van der Waals surface area contributed by atoms with Crippen LogP contribution < -0.4 is 5.32 Å². The van der Waals surface area contributed by atoms with Crippen LogP contribution in [0.5, 0.6) is 0 Å². The first-order chi connectivity index (χ1) is 10.6. The van der Waals surface area contributed by atoms with Gasteiger partial charge in [0.2, 0.25) is 15.9 Å². The summed E-state index contributed by atoms with van der Waals surface area (Å²) in [6.45, 7) is 3.20. The second-order valence-corrected chi connectivity index (χ2v) is 7.58. The van der Waals surface area contributed by atoms with Crippen LogP contribution in [0.2, 0.25) is 0 Å². The van der Waals surface area contributed by atoms with Crippen LogP contribution in [-0.2, 0) is 19.6 Å². The molecule has 1 aromatic rings. The second-order valence-electron chi connectivity index (χ2n) is 5.54. The van der Waals surface area contributed by atoms with Crippen molar-refractivity contribution in [2.24, 2.45) is 5.92 Å². The Morgan fingerprint density at radius 3 is 2.52 bits per heavy atom. The summed E-state index contributed by atoms with van der Waals surface area (Å²) in [6.07, 6.45) is 2.89. The van der Waals surface area contributed by atoms with Crippen molar-refractivity contribution in [3.63, 3.8) is 0 Å².